The summed E-state index contributed by atoms with van der Waals surface area (Å²) >= 11 is 0. The second-order valence-corrected chi connectivity index (χ2v) is 6.46. The average Bonchev–Trinajstić information content (AvgIpc) is 2.42. The van der Waals surface area contributed by atoms with Crippen LogP contribution in [0.1, 0.15) is 34.6 Å². The molecule has 0 aliphatic rings. The Hall–Kier alpha value is -0.690. The lowest BCUT2D eigenvalue weighted by Gasteiger charge is -2.20. The van der Waals surface area contributed by atoms with E-state index in [9.17, 15) is 4.79 Å². The first-order valence-corrected chi connectivity index (χ1v) is 8.09. The van der Waals surface area contributed by atoms with Crippen LogP contribution in [0.25, 0.3) is 0 Å². The largest absolute Gasteiger partial charge is 0.378 e. The molecular formula is C16H34N2O4. The van der Waals surface area contributed by atoms with Crippen LogP contribution in [0, 0.1) is 5.92 Å². The summed E-state index contributed by atoms with van der Waals surface area (Å²) in [5.41, 5.74) is 0.131. The highest BCUT2D eigenvalue weighted by Crippen LogP contribution is 1.96. The first-order valence-electron chi connectivity index (χ1n) is 8.09. The predicted molar refractivity (Wildman–Crippen MR) is 88.1 cm³/mol. The second kappa shape index (κ2) is 12.8. The molecule has 6 nitrogen and oxygen atoms in total. The third-order valence-corrected chi connectivity index (χ3v) is 2.72. The molecule has 6 heteroatoms. The van der Waals surface area contributed by atoms with Gasteiger partial charge in [0, 0.05) is 24.5 Å². The molecule has 0 aromatic rings. The first-order chi connectivity index (χ1) is 10.3. The zero-order valence-corrected chi connectivity index (χ0v) is 14.9. The minimum Gasteiger partial charge on any atom is -0.378 e. The molecule has 0 aliphatic heterocycles. The molecule has 0 radical (unpaired) electrons. The third kappa shape index (κ3) is 15.7. The predicted octanol–water partition coefficient (Wildman–Crippen LogP) is 1.20. The van der Waals surface area contributed by atoms with Gasteiger partial charge in [-0.3, -0.25) is 4.79 Å². The minimum atomic E-state index is 0.0157. The lowest BCUT2D eigenvalue weighted by atomic mass is 10.1. The first kappa shape index (κ1) is 21.3. The quantitative estimate of drug-likeness (QED) is 0.499. The summed E-state index contributed by atoms with van der Waals surface area (Å²) in [5.74, 6) is 0.0693. The molecular weight excluding hydrogens is 284 g/mol. The van der Waals surface area contributed by atoms with Gasteiger partial charge in [-0.25, -0.2) is 0 Å². The van der Waals surface area contributed by atoms with Crippen LogP contribution in [0.15, 0.2) is 0 Å². The van der Waals surface area contributed by atoms with Gasteiger partial charge in [0.2, 0.25) is 5.91 Å². The Kier molecular flexibility index (Phi) is 12.4. The van der Waals surface area contributed by atoms with E-state index in [1.54, 1.807) is 0 Å². The molecule has 0 aromatic heterocycles. The fraction of sp³-hybridized carbons (Fsp3) is 0.938. The molecule has 0 bridgehead atoms. The van der Waals surface area contributed by atoms with Gasteiger partial charge in [0.05, 0.1) is 39.6 Å². The second-order valence-electron chi connectivity index (χ2n) is 6.46. The van der Waals surface area contributed by atoms with Crippen LogP contribution in [0.3, 0.4) is 0 Å². The van der Waals surface area contributed by atoms with Crippen molar-refractivity contribution in [3.8, 4) is 0 Å². The van der Waals surface area contributed by atoms with Crippen molar-refractivity contribution in [2.24, 2.45) is 5.92 Å². The molecule has 0 aliphatic carbocycles. The van der Waals surface area contributed by atoms with E-state index in [0.717, 1.165) is 6.54 Å². The molecule has 0 rings (SSSR count). The van der Waals surface area contributed by atoms with Crippen LogP contribution in [-0.2, 0) is 19.0 Å². The molecule has 0 saturated heterocycles. The number of carbonyl (C=O) groups is 1. The maximum atomic E-state index is 11.3. The van der Waals surface area contributed by atoms with Gasteiger partial charge in [-0.1, -0.05) is 13.8 Å². The minimum absolute atomic E-state index is 0.0157. The zero-order chi connectivity index (χ0) is 16.8. The number of hydrogen-bond donors (Lipinski definition) is 2. The van der Waals surface area contributed by atoms with Gasteiger partial charge in [0.25, 0.3) is 0 Å². The summed E-state index contributed by atoms with van der Waals surface area (Å²) in [7, 11) is 0. The topological polar surface area (TPSA) is 68.8 Å². The van der Waals surface area contributed by atoms with Crippen LogP contribution in [-0.4, -0.2) is 64.2 Å². The summed E-state index contributed by atoms with van der Waals surface area (Å²) < 4.78 is 16.2. The summed E-state index contributed by atoms with van der Waals surface area (Å²) in [5, 5.41) is 6.14. The van der Waals surface area contributed by atoms with Crippen LogP contribution >= 0.6 is 0 Å². The van der Waals surface area contributed by atoms with Crippen molar-refractivity contribution >= 4 is 5.91 Å². The van der Waals surface area contributed by atoms with E-state index in [4.69, 9.17) is 14.2 Å². The maximum Gasteiger partial charge on any atom is 0.222 e. The van der Waals surface area contributed by atoms with Crippen molar-refractivity contribution in [2.45, 2.75) is 40.2 Å². The van der Waals surface area contributed by atoms with Crippen molar-refractivity contribution in [3.05, 3.63) is 0 Å². The highest BCUT2D eigenvalue weighted by atomic mass is 16.5. The van der Waals surface area contributed by atoms with E-state index in [2.05, 4.69) is 31.4 Å². The lowest BCUT2D eigenvalue weighted by molar-refractivity contribution is -0.124. The van der Waals surface area contributed by atoms with Crippen LogP contribution < -0.4 is 10.6 Å². The Labute approximate surface area is 135 Å². The highest BCUT2D eigenvalue weighted by molar-refractivity contribution is 5.77. The normalized spacial score (nSPS) is 11.9. The molecule has 0 saturated carbocycles. The van der Waals surface area contributed by atoms with Crippen LogP contribution in [0.4, 0.5) is 0 Å². The third-order valence-electron chi connectivity index (χ3n) is 2.72. The van der Waals surface area contributed by atoms with E-state index in [-0.39, 0.29) is 17.4 Å². The Morgan fingerprint density at radius 1 is 0.864 bits per heavy atom. The van der Waals surface area contributed by atoms with Gasteiger partial charge >= 0.3 is 0 Å². The molecule has 0 unspecified atom stereocenters. The number of ether oxygens (including phenoxy) is 3. The highest BCUT2D eigenvalue weighted by Gasteiger charge is 2.07. The summed E-state index contributed by atoms with van der Waals surface area (Å²) in [6.45, 7) is 14.9. The fourth-order valence-electron chi connectivity index (χ4n) is 1.49. The molecule has 22 heavy (non-hydrogen) atoms. The van der Waals surface area contributed by atoms with Crippen molar-refractivity contribution in [2.75, 3.05) is 52.7 Å². The van der Waals surface area contributed by atoms with Gasteiger partial charge in [-0.2, -0.15) is 0 Å². The lowest BCUT2D eigenvalue weighted by Crippen LogP contribution is -2.38. The number of carbonyl (C=O) groups excluding carboxylic acids is 1. The Bertz CT molecular complexity index is 278. The molecule has 0 atom stereocenters. The van der Waals surface area contributed by atoms with E-state index in [1.807, 2.05) is 13.8 Å². The van der Waals surface area contributed by atoms with Crippen molar-refractivity contribution < 1.29 is 19.0 Å². The summed E-state index contributed by atoms with van der Waals surface area (Å²) in [4.78, 5) is 11.3. The van der Waals surface area contributed by atoms with Gasteiger partial charge in [0.1, 0.15) is 0 Å². The zero-order valence-electron chi connectivity index (χ0n) is 14.9. The number of hydrogen-bond acceptors (Lipinski definition) is 5. The molecule has 2 N–H and O–H groups in total. The standard InChI is InChI=1S/C16H34N2O4/c1-14(2)15(19)17-6-8-20-10-12-22-13-11-21-9-7-18-16(3,4)5/h14,18H,6-13H2,1-5H3,(H,17,19). The SMILES string of the molecule is CC(C)C(=O)NCCOCCOCCOCCNC(C)(C)C. The molecule has 0 fully saturated rings. The van der Waals surface area contributed by atoms with E-state index < -0.39 is 0 Å². The van der Waals surface area contributed by atoms with Gasteiger partial charge in [0.15, 0.2) is 0 Å². The average molecular weight is 318 g/mol. The van der Waals surface area contributed by atoms with E-state index >= 15 is 0 Å². The number of amides is 1. The smallest absolute Gasteiger partial charge is 0.222 e. The molecule has 0 spiro atoms. The molecule has 1 amide bonds. The monoisotopic (exact) mass is 318 g/mol. The Morgan fingerprint density at radius 2 is 1.32 bits per heavy atom. The summed E-state index contributed by atoms with van der Waals surface area (Å²) in [6.07, 6.45) is 0. The number of nitrogens with one attached hydrogen (secondary N) is 2. The fourth-order valence-corrected chi connectivity index (χ4v) is 1.49. The van der Waals surface area contributed by atoms with Crippen molar-refractivity contribution in [1.82, 2.24) is 10.6 Å². The van der Waals surface area contributed by atoms with Crippen molar-refractivity contribution in [1.29, 1.82) is 0 Å². The molecule has 0 aromatic carbocycles. The molecule has 0 heterocycles. The van der Waals surface area contributed by atoms with E-state index in [1.165, 1.54) is 0 Å². The van der Waals surface area contributed by atoms with Crippen LogP contribution in [0.5, 0.6) is 0 Å². The Morgan fingerprint density at radius 3 is 1.77 bits per heavy atom. The van der Waals surface area contributed by atoms with Crippen molar-refractivity contribution in [3.63, 3.8) is 0 Å². The maximum absolute atomic E-state index is 11.3. The van der Waals surface area contributed by atoms with Gasteiger partial charge < -0.3 is 24.8 Å². The van der Waals surface area contributed by atoms with E-state index in [0.29, 0.717) is 46.2 Å². The van der Waals surface area contributed by atoms with Gasteiger partial charge in [-0.15, -0.1) is 0 Å². The number of rotatable bonds is 13. The van der Waals surface area contributed by atoms with Crippen LogP contribution in [0.2, 0.25) is 0 Å². The van der Waals surface area contributed by atoms with Gasteiger partial charge in [-0.05, 0) is 20.8 Å². The Balaban J connectivity index is 3.13. The summed E-state index contributed by atoms with van der Waals surface area (Å²) in [6, 6.07) is 0. The molecule has 132 valence electrons.